The molecule has 24 heavy (non-hydrogen) atoms. The number of rotatable bonds is 1. The molecule has 0 saturated heterocycles. The third-order valence-electron chi connectivity index (χ3n) is 3.93. The third kappa shape index (κ3) is 2.20. The minimum atomic E-state index is -0.101. The molecule has 6 nitrogen and oxygen atoms in total. The van der Waals surface area contributed by atoms with E-state index in [1.54, 1.807) is 28.7 Å². The summed E-state index contributed by atoms with van der Waals surface area (Å²) in [6, 6.07) is 14.8. The number of aromatic nitrogens is 3. The maximum Gasteiger partial charge on any atom is 0.350 e. The highest BCUT2D eigenvalue weighted by Crippen LogP contribution is 2.32. The van der Waals surface area contributed by atoms with Crippen LogP contribution in [0.4, 0.5) is 5.82 Å². The van der Waals surface area contributed by atoms with E-state index >= 15 is 0 Å². The molecule has 6 heteroatoms. The molecule has 0 unspecified atom stereocenters. The first-order valence-corrected chi connectivity index (χ1v) is 7.60. The van der Waals surface area contributed by atoms with Gasteiger partial charge in [0.1, 0.15) is 6.20 Å². The van der Waals surface area contributed by atoms with Gasteiger partial charge >= 0.3 is 5.65 Å². The van der Waals surface area contributed by atoms with Crippen molar-refractivity contribution in [2.24, 2.45) is 5.10 Å². The van der Waals surface area contributed by atoms with Gasteiger partial charge in [-0.1, -0.05) is 47.3 Å². The van der Waals surface area contributed by atoms with Crippen molar-refractivity contribution in [3.63, 3.8) is 0 Å². The van der Waals surface area contributed by atoms with Crippen LogP contribution in [0.25, 0.3) is 17.0 Å². The first kappa shape index (κ1) is 14.3. The SMILES string of the molecule is CC1=NN(C)c2nc3cccc[n+]3nc2/C1=C(\[O-])c1ccccc1. The van der Waals surface area contributed by atoms with E-state index in [9.17, 15) is 5.11 Å². The molecule has 4 rings (SSSR count). The lowest BCUT2D eigenvalue weighted by molar-refractivity contribution is -0.583. The summed E-state index contributed by atoms with van der Waals surface area (Å²) in [7, 11) is 1.81. The molecule has 0 atom stereocenters. The molecule has 0 radical (unpaired) electrons. The Morgan fingerprint density at radius 1 is 1.08 bits per heavy atom. The van der Waals surface area contributed by atoms with E-state index in [0.717, 1.165) is 0 Å². The van der Waals surface area contributed by atoms with Crippen molar-refractivity contribution in [2.75, 3.05) is 12.1 Å². The predicted octanol–water partition coefficient (Wildman–Crippen LogP) is 1.27. The van der Waals surface area contributed by atoms with Gasteiger partial charge in [-0.05, 0) is 23.5 Å². The third-order valence-corrected chi connectivity index (χ3v) is 3.93. The van der Waals surface area contributed by atoms with Gasteiger partial charge in [-0.2, -0.15) is 5.10 Å². The molecule has 0 spiro atoms. The van der Waals surface area contributed by atoms with Crippen LogP contribution in [-0.4, -0.2) is 22.8 Å². The average Bonchev–Trinajstić information content (AvgIpc) is 2.61. The summed E-state index contributed by atoms with van der Waals surface area (Å²) in [6.45, 7) is 1.82. The zero-order valence-corrected chi connectivity index (χ0v) is 13.3. The molecule has 2 aromatic heterocycles. The standard InChI is InChI=1S/C18H15N5O/c1-12-15(17(24)13-8-4-3-5-9-13)16-18(22(2)20-12)19-14-10-6-7-11-23(14)21-16/h3-11H,1-2H3. The number of fused-ring (bicyclic) bond motifs is 2. The second kappa shape index (κ2) is 5.42. The summed E-state index contributed by atoms with van der Waals surface area (Å²) in [5.74, 6) is 0.475. The summed E-state index contributed by atoms with van der Waals surface area (Å²) in [5, 5.41) is 23.7. The van der Waals surface area contributed by atoms with Crippen LogP contribution < -0.4 is 14.6 Å². The van der Waals surface area contributed by atoms with Gasteiger partial charge in [-0.3, -0.25) is 0 Å². The number of anilines is 1. The lowest BCUT2D eigenvalue weighted by Crippen LogP contribution is -2.34. The van der Waals surface area contributed by atoms with Crippen LogP contribution in [0.3, 0.4) is 0 Å². The van der Waals surface area contributed by atoms with Gasteiger partial charge in [0.25, 0.3) is 5.82 Å². The largest absolute Gasteiger partial charge is 0.872 e. The van der Waals surface area contributed by atoms with Crippen molar-refractivity contribution in [2.45, 2.75) is 6.92 Å². The molecule has 3 heterocycles. The van der Waals surface area contributed by atoms with Crippen LogP contribution in [0.2, 0.25) is 0 Å². The van der Waals surface area contributed by atoms with Crippen molar-refractivity contribution in [1.82, 2.24) is 10.1 Å². The van der Waals surface area contributed by atoms with Gasteiger partial charge in [0.15, 0.2) is 5.69 Å². The number of benzene rings is 1. The summed E-state index contributed by atoms with van der Waals surface area (Å²) in [6.07, 6.45) is 1.81. The van der Waals surface area contributed by atoms with Crippen LogP contribution in [0.15, 0.2) is 59.8 Å². The van der Waals surface area contributed by atoms with Gasteiger partial charge in [0, 0.05) is 18.7 Å². The fourth-order valence-corrected chi connectivity index (χ4v) is 2.80. The van der Waals surface area contributed by atoms with Crippen LogP contribution in [0.5, 0.6) is 0 Å². The molecule has 0 bridgehead atoms. The Balaban J connectivity index is 2.03. The Bertz CT molecular complexity index is 995. The second-order valence-electron chi connectivity index (χ2n) is 5.57. The van der Waals surface area contributed by atoms with E-state index < -0.39 is 0 Å². The number of nitrogens with zero attached hydrogens (tertiary/aromatic N) is 5. The van der Waals surface area contributed by atoms with E-state index in [2.05, 4.69) is 15.2 Å². The monoisotopic (exact) mass is 317 g/mol. The van der Waals surface area contributed by atoms with Gasteiger partial charge in [0.05, 0.1) is 5.71 Å². The molecule has 0 amide bonds. The van der Waals surface area contributed by atoms with E-state index in [0.29, 0.717) is 34.0 Å². The number of allylic oxidation sites excluding steroid dienone is 1. The number of hydrogen-bond acceptors (Lipinski definition) is 5. The Kier molecular flexibility index (Phi) is 3.23. The Morgan fingerprint density at radius 2 is 1.83 bits per heavy atom. The van der Waals surface area contributed by atoms with Crippen molar-refractivity contribution >= 4 is 28.5 Å². The van der Waals surface area contributed by atoms with E-state index in [4.69, 9.17) is 0 Å². The fraction of sp³-hybridized carbons (Fsp3) is 0.111. The number of hydrazone groups is 1. The molecule has 0 saturated carbocycles. The Morgan fingerprint density at radius 3 is 2.62 bits per heavy atom. The van der Waals surface area contributed by atoms with E-state index in [1.165, 1.54) is 0 Å². The highest BCUT2D eigenvalue weighted by atomic mass is 16.3. The highest BCUT2D eigenvalue weighted by molar-refractivity contribution is 6.29. The lowest BCUT2D eigenvalue weighted by atomic mass is 10.0. The minimum Gasteiger partial charge on any atom is -0.872 e. The molecule has 1 aliphatic heterocycles. The summed E-state index contributed by atoms with van der Waals surface area (Å²) < 4.78 is 1.67. The van der Waals surface area contributed by atoms with Crippen LogP contribution in [0, 0.1) is 0 Å². The first-order valence-electron chi connectivity index (χ1n) is 7.60. The summed E-state index contributed by atoms with van der Waals surface area (Å²) >= 11 is 0. The van der Waals surface area contributed by atoms with Gasteiger partial charge in [0.2, 0.25) is 0 Å². The van der Waals surface area contributed by atoms with Crippen LogP contribution in [0.1, 0.15) is 18.2 Å². The normalized spacial score (nSPS) is 15.9. The number of hydrogen-bond donors (Lipinski definition) is 0. The minimum absolute atomic E-state index is 0.101. The predicted molar refractivity (Wildman–Crippen MR) is 90.0 cm³/mol. The molecular formula is C18H15N5O. The van der Waals surface area contributed by atoms with Crippen molar-refractivity contribution in [1.29, 1.82) is 0 Å². The van der Waals surface area contributed by atoms with E-state index in [1.807, 2.05) is 49.5 Å². The topological polar surface area (TPSA) is 68.5 Å². The van der Waals surface area contributed by atoms with Crippen molar-refractivity contribution < 1.29 is 9.62 Å². The fourth-order valence-electron chi connectivity index (χ4n) is 2.80. The smallest absolute Gasteiger partial charge is 0.350 e. The molecule has 1 aliphatic rings. The number of pyridine rings is 1. The first-order chi connectivity index (χ1) is 11.6. The van der Waals surface area contributed by atoms with Gasteiger partial charge in [-0.15, -0.1) is 4.52 Å². The maximum absolute atomic E-state index is 13.0. The van der Waals surface area contributed by atoms with Gasteiger partial charge < -0.3 is 5.11 Å². The van der Waals surface area contributed by atoms with Crippen LogP contribution >= 0.6 is 0 Å². The summed E-state index contributed by atoms with van der Waals surface area (Å²) in [4.78, 5) is 4.60. The average molecular weight is 317 g/mol. The van der Waals surface area contributed by atoms with Crippen molar-refractivity contribution in [3.8, 4) is 0 Å². The molecule has 3 aromatic rings. The zero-order valence-electron chi connectivity index (χ0n) is 13.3. The zero-order chi connectivity index (χ0) is 16.7. The molecule has 0 fully saturated rings. The van der Waals surface area contributed by atoms with Crippen molar-refractivity contribution in [3.05, 3.63) is 66.0 Å². The lowest BCUT2D eigenvalue weighted by Gasteiger charge is -2.25. The van der Waals surface area contributed by atoms with Gasteiger partial charge in [-0.25, -0.2) is 5.01 Å². The molecule has 0 aliphatic carbocycles. The molecule has 0 N–H and O–H groups in total. The van der Waals surface area contributed by atoms with E-state index in [-0.39, 0.29) is 5.76 Å². The quantitative estimate of drug-likeness (QED) is 0.501. The summed E-state index contributed by atoms with van der Waals surface area (Å²) in [5.41, 5.74) is 2.97. The Labute approximate surface area is 139 Å². The highest BCUT2D eigenvalue weighted by Gasteiger charge is 2.29. The molecule has 118 valence electrons. The maximum atomic E-state index is 13.0. The van der Waals surface area contributed by atoms with Crippen LogP contribution in [-0.2, 0) is 0 Å². The second-order valence-corrected chi connectivity index (χ2v) is 5.57. The Hall–Kier alpha value is -3.28. The molecular weight excluding hydrogens is 302 g/mol. The molecule has 1 aromatic carbocycles.